The van der Waals surface area contributed by atoms with Gasteiger partial charge in [0.25, 0.3) is 0 Å². The van der Waals surface area contributed by atoms with Crippen LogP contribution in [-0.4, -0.2) is 24.7 Å². The van der Waals surface area contributed by atoms with Crippen LogP contribution in [0.2, 0.25) is 0 Å². The molecule has 0 aliphatic heterocycles. The van der Waals surface area contributed by atoms with E-state index in [9.17, 15) is 0 Å². The van der Waals surface area contributed by atoms with E-state index in [-0.39, 0.29) is 0 Å². The van der Waals surface area contributed by atoms with Gasteiger partial charge in [-0.1, -0.05) is 49.6 Å². The van der Waals surface area contributed by atoms with Crippen molar-refractivity contribution in [1.82, 2.24) is 24.7 Å². The van der Waals surface area contributed by atoms with Crippen molar-refractivity contribution in [2.75, 3.05) is 0 Å². The highest BCUT2D eigenvalue weighted by Crippen LogP contribution is 2.34. The van der Waals surface area contributed by atoms with Crippen molar-refractivity contribution in [3.05, 3.63) is 54.9 Å². The molecule has 1 aromatic carbocycles. The maximum atomic E-state index is 4.55. The highest BCUT2D eigenvalue weighted by atomic mass is 15.3. The van der Waals surface area contributed by atoms with Crippen LogP contribution in [0.1, 0.15) is 43.8 Å². The van der Waals surface area contributed by atoms with Crippen molar-refractivity contribution in [3.8, 4) is 17.1 Å². The molecule has 0 unspecified atom stereocenters. The molecular formula is C18H19N5. The molecule has 0 amide bonds. The van der Waals surface area contributed by atoms with E-state index in [1.165, 1.54) is 32.1 Å². The lowest BCUT2D eigenvalue weighted by Gasteiger charge is -2.21. The summed E-state index contributed by atoms with van der Waals surface area (Å²) in [6.45, 7) is 0. The van der Waals surface area contributed by atoms with Gasteiger partial charge in [0.15, 0.2) is 5.82 Å². The molecule has 2 heterocycles. The van der Waals surface area contributed by atoms with E-state index in [0.717, 1.165) is 22.9 Å². The Morgan fingerprint density at radius 1 is 0.870 bits per heavy atom. The Balaban J connectivity index is 1.85. The van der Waals surface area contributed by atoms with Gasteiger partial charge in [-0.15, -0.1) is 10.2 Å². The summed E-state index contributed by atoms with van der Waals surface area (Å²) in [5, 5.41) is 9.05. The number of hydrogen-bond donors (Lipinski definition) is 0. The topological polar surface area (TPSA) is 56.5 Å². The second-order valence-corrected chi connectivity index (χ2v) is 6.01. The van der Waals surface area contributed by atoms with Crippen LogP contribution < -0.4 is 0 Å². The summed E-state index contributed by atoms with van der Waals surface area (Å²) >= 11 is 0. The molecule has 5 nitrogen and oxygen atoms in total. The minimum Gasteiger partial charge on any atom is -0.276 e. The quantitative estimate of drug-likeness (QED) is 0.739. The lowest BCUT2D eigenvalue weighted by molar-refractivity contribution is 0.424. The maximum Gasteiger partial charge on any atom is 0.168 e. The van der Waals surface area contributed by atoms with E-state index in [1.807, 2.05) is 30.6 Å². The smallest absolute Gasteiger partial charge is 0.168 e. The van der Waals surface area contributed by atoms with Crippen LogP contribution in [-0.2, 0) is 0 Å². The van der Waals surface area contributed by atoms with Gasteiger partial charge in [0.2, 0.25) is 0 Å². The molecule has 2 aromatic heterocycles. The summed E-state index contributed by atoms with van der Waals surface area (Å²) < 4.78 is 2.13. The van der Waals surface area contributed by atoms with Crippen molar-refractivity contribution in [2.45, 2.75) is 38.0 Å². The summed E-state index contributed by atoms with van der Waals surface area (Å²) in [4.78, 5) is 8.35. The van der Waals surface area contributed by atoms with Gasteiger partial charge >= 0.3 is 0 Å². The van der Waals surface area contributed by atoms with Gasteiger partial charge in [-0.3, -0.25) is 4.57 Å². The molecule has 0 radical (unpaired) electrons. The van der Waals surface area contributed by atoms with Crippen LogP contribution in [0.15, 0.2) is 49.1 Å². The molecule has 4 rings (SSSR count). The Bertz CT molecular complexity index is 761. The number of benzene rings is 1. The Labute approximate surface area is 135 Å². The third kappa shape index (κ3) is 2.74. The van der Waals surface area contributed by atoms with Gasteiger partial charge in [0.1, 0.15) is 12.2 Å². The summed E-state index contributed by atoms with van der Waals surface area (Å²) in [5.74, 6) is 2.37. The summed E-state index contributed by atoms with van der Waals surface area (Å²) in [7, 11) is 0. The monoisotopic (exact) mass is 305 g/mol. The average Bonchev–Trinajstić information content (AvgIpc) is 3.09. The van der Waals surface area contributed by atoms with Crippen LogP contribution in [0.3, 0.4) is 0 Å². The Hall–Kier alpha value is -2.56. The molecule has 1 aliphatic carbocycles. The van der Waals surface area contributed by atoms with Gasteiger partial charge in [-0.2, -0.15) is 0 Å². The molecule has 5 heteroatoms. The second-order valence-electron chi connectivity index (χ2n) is 6.01. The normalized spacial score (nSPS) is 15.7. The highest BCUT2D eigenvalue weighted by Gasteiger charge is 2.24. The molecule has 0 saturated heterocycles. The SMILES string of the molecule is c1ccc(-c2nnc(C3CCCCC3)n2-c2cncnc2)cc1. The van der Waals surface area contributed by atoms with Crippen molar-refractivity contribution in [1.29, 1.82) is 0 Å². The predicted molar refractivity (Wildman–Crippen MR) is 88.2 cm³/mol. The zero-order valence-electron chi connectivity index (χ0n) is 13.0. The predicted octanol–water partition coefficient (Wildman–Crippen LogP) is 3.77. The van der Waals surface area contributed by atoms with Crippen LogP contribution >= 0.6 is 0 Å². The Kier molecular flexibility index (Phi) is 3.84. The van der Waals surface area contributed by atoms with Gasteiger partial charge < -0.3 is 0 Å². The van der Waals surface area contributed by atoms with Gasteiger partial charge in [-0.25, -0.2) is 9.97 Å². The van der Waals surface area contributed by atoms with Crippen molar-refractivity contribution < 1.29 is 0 Å². The first-order chi connectivity index (χ1) is 11.4. The minimum atomic E-state index is 0.467. The molecule has 0 bridgehead atoms. The fourth-order valence-corrected chi connectivity index (χ4v) is 3.36. The van der Waals surface area contributed by atoms with Crippen LogP contribution in [0, 0.1) is 0 Å². The van der Waals surface area contributed by atoms with Crippen LogP contribution in [0.25, 0.3) is 17.1 Å². The minimum absolute atomic E-state index is 0.467. The summed E-state index contributed by atoms with van der Waals surface area (Å²) in [6, 6.07) is 10.2. The molecule has 1 aliphatic rings. The molecule has 3 aromatic rings. The summed E-state index contributed by atoms with van der Waals surface area (Å²) in [5.41, 5.74) is 1.99. The van der Waals surface area contributed by atoms with Gasteiger partial charge in [-0.05, 0) is 12.8 Å². The standard InChI is InChI=1S/C18H19N5/c1-3-7-14(8-4-1)17-21-22-18(15-9-5-2-6-10-15)23(17)16-11-19-13-20-12-16/h1,3-4,7-8,11-13,15H,2,5-6,9-10H2. The third-order valence-electron chi connectivity index (χ3n) is 4.50. The molecule has 0 atom stereocenters. The van der Waals surface area contributed by atoms with E-state index in [0.29, 0.717) is 5.92 Å². The fraction of sp³-hybridized carbons (Fsp3) is 0.333. The second kappa shape index (κ2) is 6.28. The lowest BCUT2D eigenvalue weighted by atomic mass is 9.88. The van der Waals surface area contributed by atoms with E-state index in [4.69, 9.17) is 0 Å². The summed E-state index contributed by atoms with van der Waals surface area (Å²) in [6.07, 6.45) is 11.4. The number of hydrogen-bond acceptors (Lipinski definition) is 4. The van der Waals surface area contributed by atoms with Crippen LogP contribution in [0.5, 0.6) is 0 Å². The van der Waals surface area contributed by atoms with Crippen molar-refractivity contribution in [2.24, 2.45) is 0 Å². The molecule has 23 heavy (non-hydrogen) atoms. The molecule has 116 valence electrons. The highest BCUT2D eigenvalue weighted by molar-refractivity contribution is 5.58. The Morgan fingerprint density at radius 2 is 1.61 bits per heavy atom. The Morgan fingerprint density at radius 3 is 2.35 bits per heavy atom. The molecule has 1 fully saturated rings. The molecule has 1 saturated carbocycles. The number of rotatable bonds is 3. The lowest BCUT2D eigenvalue weighted by Crippen LogP contribution is -2.12. The largest absolute Gasteiger partial charge is 0.276 e. The zero-order chi connectivity index (χ0) is 15.5. The van der Waals surface area contributed by atoms with Gasteiger partial charge in [0.05, 0.1) is 18.1 Å². The molecular weight excluding hydrogens is 286 g/mol. The number of nitrogens with zero attached hydrogens (tertiary/aromatic N) is 5. The first-order valence-corrected chi connectivity index (χ1v) is 8.19. The zero-order valence-corrected chi connectivity index (χ0v) is 13.0. The van der Waals surface area contributed by atoms with E-state index < -0.39 is 0 Å². The van der Waals surface area contributed by atoms with Crippen LogP contribution in [0.4, 0.5) is 0 Å². The average molecular weight is 305 g/mol. The first kappa shape index (κ1) is 14.1. The van der Waals surface area contributed by atoms with E-state index >= 15 is 0 Å². The van der Waals surface area contributed by atoms with E-state index in [1.54, 1.807) is 6.33 Å². The van der Waals surface area contributed by atoms with E-state index in [2.05, 4.69) is 36.9 Å². The molecule has 0 N–H and O–H groups in total. The molecule has 0 spiro atoms. The maximum absolute atomic E-state index is 4.55. The first-order valence-electron chi connectivity index (χ1n) is 8.19. The van der Waals surface area contributed by atoms with Crippen molar-refractivity contribution >= 4 is 0 Å². The fourth-order valence-electron chi connectivity index (χ4n) is 3.36. The van der Waals surface area contributed by atoms with Crippen molar-refractivity contribution in [3.63, 3.8) is 0 Å². The number of aromatic nitrogens is 5. The third-order valence-corrected chi connectivity index (χ3v) is 4.50. The van der Waals surface area contributed by atoms with Gasteiger partial charge in [0, 0.05) is 11.5 Å².